The van der Waals surface area contributed by atoms with Crippen LogP contribution in [0, 0.1) is 5.92 Å². The van der Waals surface area contributed by atoms with Crippen LogP contribution in [0.2, 0.25) is 0 Å². The Morgan fingerprint density at radius 2 is 2.10 bits per heavy atom. The maximum Gasteiger partial charge on any atom is 0.261 e. The number of aromatic nitrogens is 2. The van der Waals surface area contributed by atoms with Crippen molar-refractivity contribution in [2.75, 3.05) is 19.8 Å². The van der Waals surface area contributed by atoms with Gasteiger partial charge in [0.05, 0.1) is 24.9 Å². The van der Waals surface area contributed by atoms with Gasteiger partial charge in [-0.2, -0.15) is 5.10 Å². The van der Waals surface area contributed by atoms with Crippen molar-refractivity contribution in [2.24, 2.45) is 5.92 Å². The molecule has 1 atom stereocenters. The minimum absolute atomic E-state index is 0.0134. The van der Waals surface area contributed by atoms with E-state index in [0.29, 0.717) is 12.5 Å². The van der Waals surface area contributed by atoms with Crippen LogP contribution in [-0.2, 0) is 29.1 Å². The Morgan fingerprint density at radius 3 is 2.90 bits per heavy atom. The molecule has 3 heterocycles. The molecule has 4 rings (SSSR count). The van der Waals surface area contributed by atoms with Crippen LogP contribution in [0.3, 0.4) is 0 Å². The summed E-state index contributed by atoms with van der Waals surface area (Å²) < 4.78 is 13.7. The van der Waals surface area contributed by atoms with Gasteiger partial charge in [0.15, 0.2) is 6.61 Å². The largest absolute Gasteiger partial charge is 0.484 e. The van der Waals surface area contributed by atoms with E-state index in [-0.39, 0.29) is 18.6 Å². The molecule has 0 radical (unpaired) electrons. The minimum atomic E-state index is 0.0134. The molecule has 1 aromatic carbocycles. The van der Waals surface area contributed by atoms with E-state index in [1.54, 1.807) is 0 Å². The van der Waals surface area contributed by atoms with Crippen LogP contribution >= 0.6 is 0 Å². The van der Waals surface area contributed by atoms with Crippen molar-refractivity contribution in [3.63, 3.8) is 0 Å². The monoisotopic (exact) mass is 397 g/mol. The second kappa shape index (κ2) is 8.99. The van der Waals surface area contributed by atoms with Crippen LogP contribution in [-0.4, -0.2) is 40.3 Å². The molecule has 1 saturated heterocycles. The molecule has 1 amide bonds. The van der Waals surface area contributed by atoms with Crippen molar-refractivity contribution >= 4 is 5.91 Å². The number of carbonyl (C=O) groups is 1. The van der Waals surface area contributed by atoms with Gasteiger partial charge >= 0.3 is 0 Å². The van der Waals surface area contributed by atoms with Crippen LogP contribution in [0.5, 0.6) is 5.75 Å². The van der Waals surface area contributed by atoms with Gasteiger partial charge in [-0.05, 0) is 37.3 Å². The fraction of sp³-hybridized carbons (Fsp3) is 0.565. The zero-order valence-corrected chi connectivity index (χ0v) is 17.5. The minimum Gasteiger partial charge on any atom is -0.484 e. The third-order valence-corrected chi connectivity index (χ3v) is 5.71. The number of para-hydroxylation sites is 1. The smallest absolute Gasteiger partial charge is 0.261 e. The van der Waals surface area contributed by atoms with Crippen molar-refractivity contribution in [1.82, 2.24) is 14.7 Å². The summed E-state index contributed by atoms with van der Waals surface area (Å²) in [5.74, 6) is 1.28. The standard InChI is InChI=1S/C23H31N3O3/c1-17(2)14-26-20-11-13-28-15-19(20)23(24-26)21-10-6-7-12-25(21)22(27)16-29-18-8-4-3-5-9-18/h3-5,8-9,17,21H,6-7,10-16H2,1-2H3. The van der Waals surface area contributed by atoms with E-state index in [9.17, 15) is 4.79 Å². The van der Waals surface area contributed by atoms with Crippen LogP contribution in [0.4, 0.5) is 0 Å². The summed E-state index contributed by atoms with van der Waals surface area (Å²) in [5, 5.41) is 5.01. The van der Waals surface area contributed by atoms with Crippen molar-refractivity contribution in [3.8, 4) is 5.75 Å². The lowest BCUT2D eigenvalue weighted by Gasteiger charge is -2.35. The van der Waals surface area contributed by atoms with E-state index in [1.165, 1.54) is 11.3 Å². The van der Waals surface area contributed by atoms with Crippen molar-refractivity contribution in [1.29, 1.82) is 0 Å². The third-order valence-electron chi connectivity index (χ3n) is 5.71. The van der Waals surface area contributed by atoms with Crippen LogP contribution < -0.4 is 4.74 Å². The summed E-state index contributed by atoms with van der Waals surface area (Å²) in [6.07, 6.45) is 3.98. The lowest BCUT2D eigenvalue weighted by Crippen LogP contribution is -2.41. The number of piperidine rings is 1. The molecule has 0 spiro atoms. The first kappa shape index (κ1) is 20.0. The molecule has 1 aromatic heterocycles. The predicted molar refractivity (Wildman–Crippen MR) is 111 cm³/mol. The Kier molecular flexibility index (Phi) is 6.19. The zero-order chi connectivity index (χ0) is 20.2. The summed E-state index contributed by atoms with van der Waals surface area (Å²) in [6.45, 7) is 7.49. The van der Waals surface area contributed by atoms with E-state index in [2.05, 4.69) is 18.5 Å². The third kappa shape index (κ3) is 4.47. The molecule has 0 N–H and O–H groups in total. The zero-order valence-electron chi connectivity index (χ0n) is 17.5. The summed E-state index contributed by atoms with van der Waals surface area (Å²) >= 11 is 0. The number of rotatable bonds is 6. The number of hydrogen-bond donors (Lipinski definition) is 0. The van der Waals surface area contributed by atoms with Gasteiger partial charge in [0.2, 0.25) is 0 Å². The van der Waals surface area contributed by atoms with E-state index < -0.39 is 0 Å². The Bertz CT molecular complexity index is 831. The lowest BCUT2D eigenvalue weighted by atomic mass is 9.95. The van der Waals surface area contributed by atoms with Crippen LogP contribution in [0.15, 0.2) is 30.3 Å². The van der Waals surface area contributed by atoms with E-state index in [0.717, 1.165) is 56.8 Å². The highest BCUT2D eigenvalue weighted by molar-refractivity contribution is 5.78. The number of likely N-dealkylation sites (tertiary alicyclic amines) is 1. The van der Waals surface area contributed by atoms with Gasteiger partial charge in [-0.25, -0.2) is 0 Å². The van der Waals surface area contributed by atoms with Gasteiger partial charge < -0.3 is 14.4 Å². The molecule has 1 unspecified atom stereocenters. The molecule has 6 nitrogen and oxygen atoms in total. The average molecular weight is 398 g/mol. The van der Waals surface area contributed by atoms with Crippen molar-refractivity contribution in [2.45, 2.75) is 58.7 Å². The highest BCUT2D eigenvalue weighted by Gasteiger charge is 2.34. The Hall–Kier alpha value is -2.34. The molecule has 29 heavy (non-hydrogen) atoms. The molecule has 1 fully saturated rings. The lowest BCUT2D eigenvalue weighted by molar-refractivity contribution is -0.137. The normalized spacial score (nSPS) is 19.3. The molecule has 156 valence electrons. The first-order chi connectivity index (χ1) is 14.1. The maximum absolute atomic E-state index is 13.0. The molecule has 0 saturated carbocycles. The van der Waals surface area contributed by atoms with Crippen LogP contribution in [0.1, 0.15) is 56.1 Å². The van der Waals surface area contributed by atoms with Gasteiger partial charge in [-0.15, -0.1) is 0 Å². The van der Waals surface area contributed by atoms with Gasteiger partial charge in [0, 0.05) is 30.8 Å². The number of nitrogens with zero attached hydrogens (tertiary/aromatic N) is 3. The van der Waals surface area contributed by atoms with Gasteiger partial charge in [-0.1, -0.05) is 32.0 Å². The van der Waals surface area contributed by atoms with Crippen molar-refractivity contribution in [3.05, 3.63) is 47.3 Å². The van der Waals surface area contributed by atoms with Gasteiger partial charge in [0.25, 0.3) is 5.91 Å². The molecule has 2 aliphatic heterocycles. The highest BCUT2D eigenvalue weighted by atomic mass is 16.5. The summed E-state index contributed by atoms with van der Waals surface area (Å²) in [6, 6.07) is 9.53. The molecule has 0 aliphatic carbocycles. The summed E-state index contributed by atoms with van der Waals surface area (Å²) in [4.78, 5) is 15.0. The first-order valence-corrected chi connectivity index (χ1v) is 10.8. The van der Waals surface area contributed by atoms with Gasteiger partial charge in [0.1, 0.15) is 5.75 Å². The van der Waals surface area contributed by atoms with E-state index in [1.807, 2.05) is 35.2 Å². The first-order valence-electron chi connectivity index (χ1n) is 10.8. The van der Waals surface area contributed by atoms with Gasteiger partial charge in [-0.3, -0.25) is 9.48 Å². The molecule has 2 aliphatic rings. The maximum atomic E-state index is 13.0. The Balaban J connectivity index is 1.55. The Morgan fingerprint density at radius 1 is 1.28 bits per heavy atom. The number of hydrogen-bond acceptors (Lipinski definition) is 4. The molecular weight excluding hydrogens is 366 g/mol. The molecule has 2 aromatic rings. The Labute approximate surface area is 172 Å². The second-order valence-corrected chi connectivity index (χ2v) is 8.39. The number of amides is 1. The average Bonchev–Trinajstić information content (AvgIpc) is 3.10. The second-order valence-electron chi connectivity index (χ2n) is 8.39. The highest BCUT2D eigenvalue weighted by Crippen LogP contribution is 2.35. The number of carbonyl (C=O) groups excluding carboxylic acids is 1. The summed E-state index contributed by atoms with van der Waals surface area (Å²) in [7, 11) is 0. The fourth-order valence-electron chi connectivity index (χ4n) is 4.36. The fourth-order valence-corrected chi connectivity index (χ4v) is 4.36. The molecule has 6 heteroatoms. The van der Waals surface area contributed by atoms with Crippen LogP contribution in [0.25, 0.3) is 0 Å². The van der Waals surface area contributed by atoms with E-state index >= 15 is 0 Å². The summed E-state index contributed by atoms with van der Waals surface area (Å²) in [5.41, 5.74) is 3.53. The van der Waals surface area contributed by atoms with E-state index in [4.69, 9.17) is 14.6 Å². The topological polar surface area (TPSA) is 56.6 Å². The number of fused-ring (bicyclic) bond motifs is 1. The molecule has 0 bridgehead atoms. The predicted octanol–water partition coefficient (Wildman–Crippen LogP) is 3.74. The molecular formula is C23H31N3O3. The SMILES string of the molecule is CC(C)Cn1nc(C2CCCCN2C(=O)COc2ccccc2)c2c1CCOC2. The number of benzene rings is 1. The number of ether oxygens (including phenoxy) is 2. The quantitative estimate of drug-likeness (QED) is 0.745. The van der Waals surface area contributed by atoms with Crippen molar-refractivity contribution < 1.29 is 14.3 Å².